The number of likely N-dealkylation sites (N-methyl/N-ethyl adjacent to an activating group) is 1. The second kappa shape index (κ2) is 9.14. The second-order valence-corrected chi connectivity index (χ2v) is 11.6. The number of ether oxygens (including phenoxy) is 2. The molecule has 190 valence electrons. The van der Waals surface area contributed by atoms with Crippen LogP contribution >= 0.6 is 0 Å². The predicted molar refractivity (Wildman–Crippen MR) is 137 cm³/mol. The van der Waals surface area contributed by atoms with Crippen molar-refractivity contribution in [3.8, 4) is 22.9 Å². The first-order chi connectivity index (χ1) is 17.1. The number of hydrogen-bond donors (Lipinski definition) is 3. The minimum atomic E-state index is -2.94. The maximum atomic E-state index is 14.5. The average molecular weight is 514 g/mol. The first-order valence-electron chi connectivity index (χ1n) is 11.5. The molecule has 2 aromatic carbocycles. The molecule has 0 spiro atoms. The number of nitrogens with zero attached hydrogens (tertiary/aromatic N) is 4. The first-order valence-corrected chi connectivity index (χ1v) is 13.6. The van der Waals surface area contributed by atoms with Crippen molar-refractivity contribution in [1.29, 1.82) is 4.78 Å². The van der Waals surface area contributed by atoms with Crippen molar-refractivity contribution in [2.75, 3.05) is 39.3 Å². The Morgan fingerprint density at radius 3 is 2.75 bits per heavy atom. The molecule has 0 atom stereocenters. The zero-order valence-electron chi connectivity index (χ0n) is 20.3. The molecule has 11 heteroatoms. The molecule has 9 nitrogen and oxygen atoms in total. The van der Waals surface area contributed by atoms with Gasteiger partial charge >= 0.3 is 0 Å². The summed E-state index contributed by atoms with van der Waals surface area (Å²) in [4.78, 5) is 24.9. The molecule has 0 saturated heterocycles. The highest BCUT2D eigenvalue weighted by Crippen LogP contribution is 2.42. The lowest BCUT2D eigenvalue weighted by atomic mass is 10.1. The quantitative estimate of drug-likeness (QED) is 0.432. The van der Waals surface area contributed by atoms with Crippen LogP contribution in [0.5, 0.6) is 11.5 Å². The van der Waals surface area contributed by atoms with Crippen molar-refractivity contribution in [2.24, 2.45) is 0 Å². The SMILES string of the molecule is COc1ccc(-c2nc3c(c(N4CCc5ccc(OCC(=O)N(C)C)cc54)n2)C[SH](=N)(O)C3)cc1F. The van der Waals surface area contributed by atoms with Gasteiger partial charge in [-0.3, -0.25) is 9.57 Å². The number of halogens is 1. The van der Waals surface area contributed by atoms with Crippen molar-refractivity contribution in [2.45, 2.75) is 17.9 Å². The Hall–Kier alpha value is -3.57. The van der Waals surface area contributed by atoms with Crippen LogP contribution in [0.3, 0.4) is 0 Å². The summed E-state index contributed by atoms with van der Waals surface area (Å²) in [6.45, 7) is 0.572. The fourth-order valence-electron chi connectivity index (χ4n) is 4.48. The number of anilines is 2. The number of aromatic nitrogens is 2. The fourth-order valence-corrected chi connectivity index (χ4v) is 6.19. The van der Waals surface area contributed by atoms with Crippen LogP contribution < -0.4 is 14.4 Å². The van der Waals surface area contributed by atoms with Crippen LogP contribution in [0.15, 0.2) is 36.4 Å². The molecule has 0 fully saturated rings. The van der Waals surface area contributed by atoms with Crippen LogP contribution in [0, 0.1) is 10.6 Å². The van der Waals surface area contributed by atoms with Gasteiger partial charge in [-0.2, -0.15) is 0 Å². The van der Waals surface area contributed by atoms with Gasteiger partial charge in [-0.25, -0.2) is 14.4 Å². The normalized spacial score (nSPS) is 16.3. The Balaban J connectivity index is 1.56. The van der Waals surface area contributed by atoms with Crippen molar-refractivity contribution in [1.82, 2.24) is 14.9 Å². The molecule has 1 aromatic heterocycles. The monoisotopic (exact) mass is 513 g/mol. The van der Waals surface area contributed by atoms with Crippen molar-refractivity contribution >= 4 is 27.5 Å². The standard InChI is InChI=1S/C25H28FN5O4S/c1-30(2)23(32)12-35-17-6-4-15-8-9-31(21(15)11-17)25-18-13-36(27,33)14-20(18)28-24(29-25)16-5-7-22(34-3)19(26)10-16/h4-7,10-11,36H,8-9,12-14H2,1-3H3,(H2,27,33). The van der Waals surface area contributed by atoms with Crippen LogP contribution in [0.2, 0.25) is 0 Å². The number of nitrogens with one attached hydrogen (secondary N) is 1. The number of rotatable bonds is 6. The van der Waals surface area contributed by atoms with Crippen LogP contribution in [-0.4, -0.2) is 59.7 Å². The fraction of sp³-hybridized carbons (Fsp3) is 0.320. The minimum absolute atomic E-state index is 0.0712. The highest BCUT2D eigenvalue weighted by molar-refractivity contribution is 7.97. The summed E-state index contributed by atoms with van der Waals surface area (Å²) < 4.78 is 44.2. The van der Waals surface area contributed by atoms with Crippen LogP contribution in [-0.2, 0) is 32.8 Å². The first kappa shape index (κ1) is 24.1. The zero-order chi connectivity index (χ0) is 25.6. The molecule has 0 radical (unpaired) electrons. The number of thiol groups is 1. The van der Waals surface area contributed by atoms with E-state index in [4.69, 9.17) is 19.2 Å². The summed E-state index contributed by atoms with van der Waals surface area (Å²) >= 11 is 0. The van der Waals surface area contributed by atoms with E-state index in [0.29, 0.717) is 35.2 Å². The summed E-state index contributed by atoms with van der Waals surface area (Å²) in [6, 6.07) is 10.2. The lowest BCUT2D eigenvalue weighted by molar-refractivity contribution is -0.130. The van der Waals surface area contributed by atoms with Gasteiger partial charge in [-0.1, -0.05) is 6.07 Å². The van der Waals surface area contributed by atoms with E-state index in [0.717, 1.165) is 23.2 Å². The molecule has 3 aromatic rings. The van der Waals surface area contributed by atoms with E-state index >= 15 is 0 Å². The van der Waals surface area contributed by atoms with Crippen LogP contribution in [0.25, 0.3) is 11.4 Å². The number of carbonyl (C=O) groups is 1. The van der Waals surface area contributed by atoms with Gasteiger partial charge in [-0.05, 0) is 36.2 Å². The van der Waals surface area contributed by atoms with Gasteiger partial charge in [0.2, 0.25) is 0 Å². The molecule has 0 aliphatic carbocycles. The molecule has 3 heterocycles. The van der Waals surface area contributed by atoms with Gasteiger partial charge in [0, 0.05) is 55.0 Å². The van der Waals surface area contributed by atoms with Crippen LogP contribution in [0.4, 0.5) is 15.9 Å². The number of benzene rings is 2. The van der Waals surface area contributed by atoms with E-state index in [2.05, 4.69) is 4.98 Å². The summed E-state index contributed by atoms with van der Waals surface area (Å²) in [5, 5.41) is 0. The third-order valence-corrected chi connectivity index (χ3v) is 8.04. The summed E-state index contributed by atoms with van der Waals surface area (Å²) in [7, 11) is 1.81. The van der Waals surface area contributed by atoms with Gasteiger partial charge in [0.15, 0.2) is 24.0 Å². The lowest BCUT2D eigenvalue weighted by Gasteiger charge is -2.23. The summed E-state index contributed by atoms with van der Waals surface area (Å²) in [5.41, 5.74) is 3.83. The summed E-state index contributed by atoms with van der Waals surface area (Å²) in [5.74, 6) is 1.32. The predicted octanol–water partition coefficient (Wildman–Crippen LogP) is 3.59. The Kier molecular flexibility index (Phi) is 6.13. The molecule has 5 rings (SSSR count). The molecule has 0 saturated carbocycles. The van der Waals surface area contributed by atoms with Crippen molar-refractivity contribution < 1.29 is 23.2 Å². The maximum Gasteiger partial charge on any atom is 0.259 e. The van der Waals surface area contributed by atoms with Gasteiger partial charge < -0.3 is 23.8 Å². The Labute approximate surface area is 209 Å². The topological polar surface area (TPSA) is 112 Å². The third-order valence-electron chi connectivity index (χ3n) is 6.38. The maximum absolute atomic E-state index is 14.5. The molecular weight excluding hydrogens is 485 g/mol. The van der Waals surface area contributed by atoms with E-state index in [1.807, 2.05) is 23.1 Å². The number of amides is 1. The van der Waals surface area contributed by atoms with E-state index in [-0.39, 0.29) is 29.8 Å². The third kappa shape index (κ3) is 4.51. The molecule has 36 heavy (non-hydrogen) atoms. The van der Waals surface area contributed by atoms with E-state index in [1.165, 1.54) is 24.1 Å². The number of carbonyl (C=O) groups excluding carboxylic acids is 1. The highest BCUT2D eigenvalue weighted by Gasteiger charge is 2.32. The van der Waals surface area contributed by atoms with Gasteiger partial charge in [0.25, 0.3) is 5.91 Å². The Morgan fingerprint density at radius 1 is 1.22 bits per heavy atom. The van der Waals surface area contributed by atoms with Crippen molar-refractivity contribution in [3.63, 3.8) is 0 Å². The highest BCUT2D eigenvalue weighted by atomic mass is 32.3. The van der Waals surface area contributed by atoms with Crippen LogP contribution in [0.1, 0.15) is 16.8 Å². The summed E-state index contributed by atoms with van der Waals surface area (Å²) in [6.07, 6.45) is 0.776. The van der Waals surface area contributed by atoms with Crippen molar-refractivity contribution in [3.05, 3.63) is 59.0 Å². The Bertz CT molecular complexity index is 1410. The van der Waals surface area contributed by atoms with Gasteiger partial charge in [0.1, 0.15) is 11.6 Å². The van der Waals surface area contributed by atoms with Gasteiger partial charge in [-0.15, -0.1) is 10.1 Å². The van der Waals surface area contributed by atoms with E-state index < -0.39 is 15.9 Å². The van der Waals surface area contributed by atoms with E-state index in [1.54, 1.807) is 20.2 Å². The van der Waals surface area contributed by atoms with Gasteiger partial charge in [0.05, 0.1) is 12.8 Å². The largest absolute Gasteiger partial charge is 0.494 e. The molecule has 2 N–H and O–H groups in total. The molecule has 2 aliphatic rings. The number of hydrogen-bond acceptors (Lipinski definition) is 7. The Morgan fingerprint density at radius 2 is 2.03 bits per heavy atom. The smallest absolute Gasteiger partial charge is 0.259 e. The zero-order valence-corrected chi connectivity index (χ0v) is 21.2. The molecule has 0 unspecified atom stereocenters. The molecule has 0 bridgehead atoms. The molecule has 2 aliphatic heterocycles. The molecular formula is C25H28FN5O4S. The second-order valence-electron chi connectivity index (χ2n) is 9.15. The number of methoxy groups -OCH3 is 1. The lowest BCUT2D eigenvalue weighted by Crippen LogP contribution is -2.27. The minimum Gasteiger partial charge on any atom is -0.494 e. The van der Waals surface area contributed by atoms with E-state index in [9.17, 15) is 13.7 Å². The number of fused-ring (bicyclic) bond motifs is 2. The molecule has 1 amide bonds. The average Bonchev–Trinajstić information content (AvgIpc) is 3.40.